The number of rotatable bonds is 7. The van der Waals surface area contributed by atoms with Crippen molar-refractivity contribution in [3.63, 3.8) is 0 Å². The zero-order chi connectivity index (χ0) is 22.5. The van der Waals surface area contributed by atoms with Gasteiger partial charge in [0.25, 0.3) is 0 Å². The molecular formula is C22H20FN7OS. The summed E-state index contributed by atoms with van der Waals surface area (Å²) in [5.41, 5.74) is 7.97. The smallest absolute Gasteiger partial charge is 0.248 e. The number of hydrazine groups is 1. The molecule has 32 heavy (non-hydrogen) atoms. The average Bonchev–Trinajstić information content (AvgIpc) is 3.20. The van der Waals surface area contributed by atoms with Gasteiger partial charge in [0.15, 0.2) is 11.0 Å². The molecule has 0 aliphatic heterocycles. The predicted octanol–water partition coefficient (Wildman–Crippen LogP) is 3.72. The molecule has 0 saturated carbocycles. The van der Waals surface area contributed by atoms with Crippen LogP contribution in [0.25, 0.3) is 17.1 Å². The van der Waals surface area contributed by atoms with Crippen LogP contribution in [0.1, 0.15) is 11.4 Å². The van der Waals surface area contributed by atoms with Crippen molar-refractivity contribution >= 4 is 23.6 Å². The topological polar surface area (TPSA) is 97.6 Å². The van der Waals surface area contributed by atoms with Crippen molar-refractivity contribution in [3.05, 3.63) is 77.9 Å². The van der Waals surface area contributed by atoms with Crippen LogP contribution in [-0.2, 0) is 4.79 Å². The maximum atomic E-state index is 14.4. The highest BCUT2D eigenvalue weighted by atomic mass is 32.2. The molecule has 2 N–H and O–H groups in total. The number of carbonyl (C=O) groups excluding carboxylic acids is 1. The highest BCUT2D eigenvalue weighted by molar-refractivity contribution is 7.99. The van der Waals surface area contributed by atoms with Crippen LogP contribution in [-0.4, -0.2) is 36.4 Å². The Morgan fingerprint density at radius 1 is 1.00 bits per heavy atom. The number of benzene rings is 2. The lowest BCUT2D eigenvalue weighted by Crippen LogP contribution is -2.32. The van der Waals surface area contributed by atoms with E-state index in [0.717, 1.165) is 17.1 Å². The van der Waals surface area contributed by atoms with Gasteiger partial charge < -0.3 is 0 Å². The van der Waals surface area contributed by atoms with Crippen molar-refractivity contribution in [1.29, 1.82) is 0 Å². The Bertz CT molecular complexity index is 1230. The number of halogens is 1. The van der Waals surface area contributed by atoms with E-state index >= 15 is 0 Å². The Labute approximate surface area is 188 Å². The molecule has 0 bridgehead atoms. The second kappa shape index (κ2) is 9.56. The van der Waals surface area contributed by atoms with Gasteiger partial charge in [-0.05, 0) is 44.2 Å². The van der Waals surface area contributed by atoms with Gasteiger partial charge in [-0.3, -0.25) is 20.2 Å². The van der Waals surface area contributed by atoms with Gasteiger partial charge in [-0.25, -0.2) is 14.4 Å². The number of anilines is 1. The number of thioether (sulfide) groups is 1. The monoisotopic (exact) mass is 449 g/mol. The Morgan fingerprint density at radius 2 is 1.69 bits per heavy atom. The third-order valence-electron chi connectivity index (χ3n) is 4.39. The van der Waals surface area contributed by atoms with E-state index in [-0.39, 0.29) is 11.7 Å². The van der Waals surface area contributed by atoms with Gasteiger partial charge in [-0.1, -0.05) is 42.1 Å². The number of aromatic nitrogens is 5. The van der Waals surface area contributed by atoms with E-state index in [4.69, 9.17) is 0 Å². The molecule has 0 saturated heterocycles. The van der Waals surface area contributed by atoms with Gasteiger partial charge in [0.05, 0.1) is 11.3 Å². The van der Waals surface area contributed by atoms with Crippen LogP contribution in [0.2, 0.25) is 0 Å². The molecule has 0 radical (unpaired) electrons. The molecule has 0 aliphatic carbocycles. The van der Waals surface area contributed by atoms with Gasteiger partial charge in [-0.15, -0.1) is 10.2 Å². The van der Waals surface area contributed by atoms with E-state index in [1.54, 1.807) is 22.8 Å². The van der Waals surface area contributed by atoms with Crippen molar-refractivity contribution in [3.8, 4) is 17.1 Å². The molecule has 0 spiro atoms. The standard InChI is InChI=1S/C22H20FN7OS/c1-14-12-15(2)25-21(24-14)28-26-19(31)13-32-22-29-27-20(17-10-6-7-11-18(17)23)30(22)16-8-4-3-5-9-16/h3-12H,13H2,1-2H3,(H,26,31)(H,24,25,28). The molecule has 8 nitrogen and oxygen atoms in total. The number of carbonyl (C=O) groups is 1. The molecule has 0 unspecified atom stereocenters. The fraction of sp³-hybridized carbons (Fsp3) is 0.136. The molecule has 2 aromatic heterocycles. The van der Waals surface area contributed by atoms with Crippen molar-refractivity contribution in [2.75, 3.05) is 11.2 Å². The fourth-order valence-corrected chi connectivity index (χ4v) is 3.82. The zero-order valence-corrected chi connectivity index (χ0v) is 18.2. The van der Waals surface area contributed by atoms with Crippen molar-refractivity contribution < 1.29 is 9.18 Å². The van der Waals surface area contributed by atoms with Gasteiger partial charge >= 0.3 is 0 Å². The minimum Gasteiger partial charge on any atom is -0.272 e. The maximum absolute atomic E-state index is 14.4. The summed E-state index contributed by atoms with van der Waals surface area (Å²) in [6.45, 7) is 3.70. The molecule has 0 atom stereocenters. The van der Waals surface area contributed by atoms with Crippen LogP contribution in [0.5, 0.6) is 0 Å². The molecule has 2 heterocycles. The number of hydrogen-bond donors (Lipinski definition) is 2. The number of aryl methyl sites for hydroxylation is 2. The number of nitrogens with one attached hydrogen (secondary N) is 2. The molecule has 0 aliphatic rings. The lowest BCUT2D eigenvalue weighted by atomic mass is 10.2. The first-order valence-corrected chi connectivity index (χ1v) is 10.8. The van der Waals surface area contributed by atoms with E-state index in [2.05, 4.69) is 31.0 Å². The van der Waals surface area contributed by atoms with Gasteiger partial charge in [0.1, 0.15) is 5.82 Å². The zero-order valence-electron chi connectivity index (χ0n) is 17.4. The van der Waals surface area contributed by atoms with Crippen molar-refractivity contribution in [1.82, 2.24) is 30.2 Å². The normalized spacial score (nSPS) is 10.7. The summed E-state index contributed by atoms with van der Waals surface area (Å²) in [5.74, 6) is 0.0333. The lowest BCUT2D eigenvalue weighted by molar-refractivity contribution is -0.118. The molecule has 1 amide bonds. The third kappa shape index (κ3) is 4.92. The summed E-state index contributed by atoms with van der Waals surface area (Å²) in [5, 5.41) is 8.87. The summed E-state index contributed by atoms with van der Waals surface area (Å²) < 4.78 is 16.2. The van der Waals surface area contributed by atoms with E-state index in [1.165, 1.54) is 17.8 Å². The van der Waals surface area contributed by atoms with Gasteiger partial charge in [-0.2, -0.15) is 0 Å². The number of amides is 1. The van der Waals surface area contributed by atoms with Crippen LogP contribution < -0.4 is 10.9 Å². The van der Waals surface area contributed by atoms with Crippen molar-refractivity contribution in [2.45, 2.75) is 19.0 Å². The number of para-hydroxylation sites is 1. The molecule has 4 aromatic rings. The Kier molecular flexibility index (Phi) is 6.41. The van der Waals surface area contributed by atoms with Crippen LogP contribution in [0, 0.1) is 19.7 Å². The second-order valence-electron chi connectivity index (χ2n) is 6.89. The minimum absolute atomic E-state index is 0.0556. The molecule has 10 heteroatoms. The predicted molar refractivity (Wildman–Crippen MR) is 121 cm³/mol. The van der Waals surface area contributed by atoms with Crippen LogP contribution in [0.3, 0.4) is 0 Å². The van der Waals surface area contributed by atoms with E-state index in [1.807, 2.05) is 50.2 Å². The second-order valence-corrected chi connectivity index (χ2v) is 7.84. The first-order valence-electron chi connectivity index (χ1n) is 9.77. The first kappa shape index (κ1) is 21.4. The van der Waals surface area contributed by atoms with E-state index in [9.17, 15) is 9.18 Å². The minimum atomic E-state index is -0.399. The molecule has 4 rings (SSSR count). The Balaban J connectivity index is 1.52. The SMILES string of the molecule is Cc1cc(C)nc(NNC(=O)CSc2nnc(-c3ccccc3F)n2-c2ccccc2)n1. The summed E-state index contributed by atoms with van der Waals surface area (Å²) in [6.07, 6.45) is 0. The van der Waals surface area contributed by atoms with Crippen LogP contribution in [0.15, 0.2) is 65.8 Å². The lowest BCUT2D eigenvalue weighted by Gasteiger charge is -2.11. The largest absolute Gasteiger partial charge is 0.272 e. The molecular weight excluding hydrogens is 429 g/mol. The maximum Gasteiger partial charge on any atom is 0.248 e. The summed E-state index contributed by atoms with van der Waals surface area (Å²) >= 11 is 1.19. The Hall–Kier alpha value is -3.79. The van der Waals surface area contributed by atoms with Crippen LogP contribution in [0.4, 0.5) is 10.3 Å². The van der Waals surface area contributed by atoms with Gasteiger partial charge in [0.2, 0.25) is 11.9 Å². The highest BCUT2D eigenvalue weighted by Gasteiger charge is 2.19. The van der Waals surface area contributed by atoms with E-state index < -0.39 is 5.82 Å². The van der Waals surface area contributed by atoms with Crippen LogP contribution >= 0.6 is 11.8 Å². The van der Waals surface area contributed by atoms with Gasteiger partial charge in [0, 0.05) is 17.1 Å². The molecule has 0 fully saturated rings. The average molecular weight is 450 g/mol. The summed E-state index contributed by atoms with van der Waals surface area (Å²) in [6, 6.07) is 17.6. The van der Waals surface area contributed by atoms with E-state index in [0.29, 0.717) is 22.5 Å². The molecule has 162 valence electrons. The van der Waals surface area contributed by atoms with Crippen molar-refractivity contribution in [2.24, 2.45) is 0 Å². The fourth-order valence-electron chi connectivity index (χ4n) is 3.06. The first-order chi connectivity index (χ1) is 15.5. The number of hydrogen-bond acceptors (Lipinski definition) is 7. The Morgan fingerprint density at radius 3 is 2.41 bits per heavy atom. The summed E-state index contributed by atoms with van der Waals surface area (Å²) in [7, 11) is 0. The number of nitrogens with zero attached hydrogens (tertiary/aromatic N) is 5. The third-order valence-corrected chi connectivity index (χ3v) is 5.32. The summed E-state index contributed by atoms with van der Waals surface area (Å²) in [4.78, 5) is 20.8. The highest BCUT2D eigenvalue weighted by Crippen LogP contribution is 2.29. The molecule has 2 aromatic carbocycles. The quantitative estimate of drug-likeness (QED) is 0.328.